The van der Waals surface area contributed by atoms with Gasteiger partial charge in [-0.2, -0.15) is 0 Å². The van der Waals surface area contributed by atoms with Gasteiger partial charge in [-0.25, -0.2) is 9.98 Å². The summed E-state index contributed by atoms with van der Waals surface area (Å²) < 4.78 is 0. The van der Waals surface area contributed by atoms with Gasteiger partial charge in [0.25, 0.3) is 5.91 Å². The number of carbonyl (C=O) groups excluding carboxylic acids is 1. The first-order valence-corrected chi connectivity index (χ1v) is 4.36. The number of aliphatic hydroxyl groups excluding tert-OH is 1. The smallest absolute Gasteiger partial charge is 0.260 e. The van der Waals surface area contributed by atoms with Gasteiger partial charge in [0.2, 0.25) is 0 Å². The summed E-state index contributed by atoms with van der Waals surface area (Å²) in [6.07, 6.45) is 4.81. The van der Waals surface area contributed by atoms with Crippen molar-refractivity contribution in [1.29, 1.82) is 0 Å². The molecule has 4 heteroatoms. The van der Waals surface area contributed by atoms with Crippen molar-refractivity contribution in [3.05, 3.63) is 23.3 Å². The van der Waals surface area contributed by atoms with Crippen LogP contribution in [0.25, 0.3) is 0 Å². The highest BCUT2D eigenvalue weighted by Gasteiger charge is 2.26. The van der Waals surface area contributed by atoms with E-state index in [9.17, 15) is 4.79 Å². The molecule has 4 nitrogen and oxygen atoms in total. The van der Waals surface area contributed by atoms with Crippen molar-refractivity contribution in [2.75, 3.05) is 6.61 Å². The van der Waals surface area contributed by atoms with Crippen LogP contribution in [0.4, 0.5) is 0 Å². The van der Waals surface area contributed by atoms with Crippen molar-refractivity contribution in [3.63, 3.8) is 0 Å². The number of allylic oxidation sites excluding steroid dienone is 1. The van der Waals surface area contributed by atoms with Crippen molar-refractivity contribution >= 4 is 18.0 Å². The summed E-state index contributed by atoms with van der Waals surface area (Å²) in [4.78, 5) is 19.0. The largest absolute Gasteiger partial charge is 0.392 e. The van der Waals surface area contributed by atoms with Crippen LogP contribution in [0.15, 0.2) is 33.3 Å². The first-order chi connectivity index (χ1) is 6.72. The predicted molar refractivity (Wildman–Crippen MR) is 53.3 cm³/mol. The molecule has 1 unspecified atom stereocenters. The summed E-state index contributed by atoms with van der Waals surface area (Å²) in [5.74, 6) is -0.544. The summed E-state index contributed by atoms with van der Waals surface area (Å²) >= 11 is 0. The number of fused-ring (bicyclic) bond motifs is 1. The van der Waals surface area contributed by atoms with E-state index in [0.29, 0.717) is 5.71 Å². The van der Waals surface area contributed by atoms with Gasteiger partial charge in [0, 0.05) is 0 Å². The van der Waals surface area contributed by atoms with Gasteiger partial charge in [-0.3, -0.25) is 4.79 Å². The molecule has 0 bridgehead atoms. The van der Waals surface area contributed by atoms with Crippen LogP contribution in [0, 0.1) is 5.92 Å². The van der Waals surface area contributed by atoms with Crippen LogP contribution in [0.1, 0.15) is 6.92 Å². The monoisotopic (exact) mass is 190 g/mol. The molecule has 0 aromatic heterocycles. The zero-order valence-corrected chi connectivity index (χ0v) is 7.77. The number of hydrogen-bond acceptors (Lipinski definition) is 3. The maximum absolute atomic E-state index is 11.4. The van der Waals surface area contributed by atoms with Crippen LogP contribution in [0.2, 0.25) is 0 Å². The molecule has 1 heterocycles. The third-order valence-electron chi connectivity index (χ3n) is 2.39. The Hall–Kier alpha value is -1.55. The van der Waals surface area contributed by atoms with E-state index in [0.717, 1.165) is 11.1 Å². The zero-order valence-electron chi connectivity index (χ0n) is 7.77. The average Bonchev–Trinajstić information content (AvgIpc) is 2.19. The highest BCUT2D eigenvalue weighted by molar-refractivity contribution is 6.18. The van der Waals surface area contributed by atoms with Crippen LogP contribution in [-0.4, -0.2) is 29.7 Å². The maximum Gasteiger partial charge on any atom is 0.260 e. The van der Waals surface area contributed by atoms with E-state index in [1.54, 1.807) is 12.2 Å². The molecule has 1 aliphatic carbocycles. The standard InChI is InChI=1S/C10H10N2O2/c1-6-2-8-9(3-7(6)4-13)11-5-12-10(8)14/h2-3,5,8,13H,4H2,1H3. The molecule has 72 valence electrons. The zero-order chi connectivity index (χ0) is 10.1. The van der Waals surface area contributed by atoms with Crippen LogP contribution >= 0.6 is 0 Å². The fourth-order valence-corrected chi connectivity index (χ4v) is 1.54. The lowest BCUT2D eigenvalue weighted by atomic mass is 9.89. The molecule has 0 saturated heterocycles. The predicted octanol–water partition coefficient (Wildman–Crippen LogP) is 0.491. The average molecular weight is 190 g/mol. The van der Waals surface area contributed by atoms with Crippen molar-refractivity contribution in [2.24, 2.45) is 15.9 Å². The van der Waals surface area contributed by atoms with E-state index < -0.39 is 0 Å². The van der Waals surface area contributed by atoms with Gasteiger partial charge in [0.05, 0.1) is 12.3 Å². The first-order valence-electron chi connectivity index (χ1n) is 4.36. The lowest BCUT2D eigenvalue weighted by Gasteiger charge is -2.19. The second-order valence-electron chi connectivity index (χ2n) is 3.29. The van der Waals surface area contributed by atoms with Gasteiger partial charge >= 0.3 is 0 Å². The molecule has 0 radical (unpaired) electrons. The minimum Gasteiger partial charge on any atom is -0.392 e. The molecule has 14 heavy (non-hydrogen) atoms. The van der Waals surface area contributed by atoms with Crippen LogP contribution in [0.3, 0.4) is 0 Å². The number of amides is 1. The molecule has 2 rings (SSSR count). The van der Waals surface area contributed by atoms with Crippen molar-refractivity contribution in [2.45, 2.75) is 6.92 Å². The van der Waals surface area contributed by atoms with Crippen LogP contribution in [0.5, 0.6) is 0 Å². The normalized spacial score (nSPS) is 25.1. The van der Waals surface area contributed by atoms with Gasteiger partial charge < -0.3 is 5.11 Å². The van der Waals surface area contributed by atoms with Crippen LogP contribution in [-0.2, 0) is 4.79 Å². The van der Waals surface area contributed by atoms with Gasteiger partial charge in [0.1, 0.15) is 12.3 Å². The van der Waals surface area contributed by atoms with Crippen molar-refractivity contribution < 1.29 is 9.90 Å². The van der Waals surface area contributed by atoms with Crippen molar-refractivity contribution in [1.82, 2.24) is 0 Å². The highest BCUT2D eigenvalue weighted by Crippen LogP contribution is 2.23. The van der Waals surface area contributed by atoms with E-state index in [2.05, 4.69) is 9.98 Å². The number of nitrogens with zero attached hydrogens (tertiary/aromatic N) is 2. The molecular weight excluding hydrogens is 180 g/mol. The molecule has 0 saturated carbocycles. The molecule has 0 aromatic rings. The number of rotatable bonds is 1. The Morgan fingerprint density at radius 3 is 3.07 bits per heavy atom. The molecule has 1 N–H and O–H groups in total. The number of hydrogen-bond donors (Lipinski definition) is 1. The second kappa shape index (κ2) is 3.31. The summed E-state index contributed by atoms with van der Waals surface area (Å²) in [6, 6.07) is 0. The SMILES string of the molecule is CC1=CC2C(=O)N=CN=C2C=C1CO. The molecule has 1 amide bonds. The Bertz CT molecular complexity index is 402. The van der Waals surface area contributed by atoms with Crippen molar-refractivity contribution in [3.8, 4) is 0 Å². The fraction of sp³-hybridized carbons (Fsp3) is 0.300. The summed E-state index contributed by atoms with van der Waals surface area (Å²) in [7, 11) is 0. The summed E-state index contributed by atoms with van der Waals surface area (Å²) in [5, 5.41) is 9.03. The van der Waals surface area contributed by atoms with Gasteiger partial charge in [-0.1, -0.05) is 6.08 Å². The Balaban J connectivity index is 2.43. The molecular formula is C10H10N2O2. The Kier molecular flexibility index (Phi) is 2.13. The molecule has 0 aromatic carbocycles. The number of aliphatic imine (C=N–C) groups is 2. The Labute approximate surface area is 81.4 Å². The number of aliphatic hydroxyl groups is 1. The lowest BCUT2D eigenvalue weighted by Crippen LogP contribution is -2.26. The Morgan fingerprint density at radius 1 is 1.57 bits per heavy atom. The van der Waals surface area contributed by atoms with Crippen LogP contribution < -0.4 is 0 Å². The lowest BCUT2D eigenvalue weighted by molar-refractivity contribution is -0.118. The van der Waals surface area contributed by atoms with E-state index in [1.807, 2.05) is 6.92 Å². The van der Waals surface area contributed by atoms with E-state index in [4.69, 9.17) is 5.11 Å². The number of carbonyl (C=O) groups is 1. The molecule has 2 aliphatic rings. The minimum absolute atomic E-state index is 0.0284. The first kappa shape index (κ1) is 9.02. The maximum atomic E-state index is 11.4. The van der Waals surface area contributed by atoms with Gasteiger partial charge in [0.15, 0.2) is 0 Å². The molecule has 1 atom stereocenters. The summed E-state index contributed by atoms with van der Waals surface area (Å²) in [6.45, 7) is 1.84. The topological polar surface area (TPSA) is 62.0 Å². The minimum atomic E-state index is -0.352. The van der Waals surface area contributed by atoms with E-state index in [-0.39, 0.29) is 18.4 Å². The molecule has 0 fully saturated rings. The second-order valence-corrected chi connectivity index (χ2v) is 3.29. The quantitative estimate of drug-likeness (QED) is 0.654. The molecule has 0 spiro atoms. The third kappa shape index (κ3) is 1.33. The highest BCUT2D eigenvalue weighted by atomic mass is 16.3. The Morgan fingerprint density at radius 2 is 2.36 bits per heavy atom. The fourth-order valence-electron chi connectivity index (χ4n) is 1.54. The van der Waals surface area contributed by atoms with Gasteiger partial charge in [-0.15, -0.1) is 0 Å². The third-order valence-corrected chi connectivity index (χ3v) is 2.39. The van der Waals surface area contributed by atoms with E-state index >= 15 is 0 Å². The van der Waals surface area contributed by atoms with E-state index in [1.165, 1.54) is 6.34 Å². The molecule has 1 aliphatic heterocycles. The summed E-state index contributed by atoms with van der Waals surface area (Å²) in [5.41, 5.74) is 2.39. The van der Waals surface area contributed by atoms with Gasteiger partial charge in [-0.05, 0) is 24.1 Å².